The number of Topliss-reactive ketones (excluding diaryl/α,β-unsaturated/α-hetero) is 4. The van der Waals surface area contributed by atoms with E-state index in [1.807, 2.05) is 204 Å². The smallest absolute Gasteiger partial charge is 0.410 e. The lowest BCUT2D eigenvalue weighted by Crippen LogP contribution is -2.48. The van der Waals surface area contributed by atoms with Crippen LogP contribution in [0.3, 0.4) is 0 Å². The number of alkyl carbamates (subject to hydrolysis) is 2. The Morgan fingerprint density at radius 1 is 0.416 bits per heavy atom. The van der Waals surface area contributed by atoms with Crippen LogP contribution in [0.15, 0.2) is 121 Å². The van der Waals surface area contributed by atoms with E-state index in [0.717, 1.165) is 16.8 Å². The first-order chi connectivity index (χ1) is 46.6. The number of carboxylic acids is 1. The second kappa shape index (κ2) is 45.5. The quantitative estimate of drug-likeness (QED) is 0.0260. The molecule has 21 nitrogen and oxygen atoms in total. The lowest BCUT2D eigenvalue weighted by Gasteiger charge is -2.33. The average molecular weight is 1410 g/mol. The third kappa shape index (κ3) is 39.5. The molecule has 0 aliphatic carbocycles. The predicted octanol–water partition coefficient (Wildman–Crippen LogP) is 14.6. The van der Waals surface area contributed by atoms with Gasteiger partial charge in [0.1, 0.15) is 22.8 Å². The number of likely N-dealkylation sites (N-methyl/N-ethyl adjacent to an activating group) is 2. The molecule has 5 amide bonds. The molecule has 7 atom stereocenters. The zero-order chi connectivity index (χ0) is 77.9. The Morgan fingerprint density at radius 2 is 0.743 bits per heavy atom. The lowest BCUT2D eigenvalue weighted by molar-refractivity contribution is -0.140. The van der Waals surface area contributed by atoms with Crippen molar-refractivity contribution in [2.24, 2.45) is 59.0 Å². The molecule has 4 aromatic rings. The fourth-order valence-electron chi connectivity index (χ4n) is 10.0. The van der Waals surface area contributed by atoms with E-state index < -0.39 is 65.1 Å². The molecule has 0 saturated heterocycles. The predicted molar refractivity (Wildman–Crippen MR) is 403 cm³/mol. The Labute approximate surface area is 604 Å². The van der Waals surface area contributed by atoms with Crippen LogP contribution in [0.4, 0.5) is 25.8 Å². The van der Waals surface area contributed by atoms with Crippen LogP contribution in [0.1, 0.15) is 183 Å². The second-order valence-corrected chi connectivity index (χ2v) is 30.6. The van der Waals surface area contributed by atoms with Gasteiger partial charge in [0.2, 0.25) is 11.8 Å². The molecule has 0 radical (unpaired) electrons. The Balaban J connectivity index is 0.00000127. The number of nitrogens with zero attached hydrogens (tertiary/aromatic N) is 1. The van der Waals surface area contributed by atoms with Crippen molar-refractivity contribution in [3.05, 3.63) is 132 Å². The van der Waals surface area contributed by atoms with Gasteiger partial charge in [0.05, 0.1) is 24.2 Å². The van der Waals surface area contributed by atoms with Crippen LogP contribution in [0, 0.1) is 53.3 Å². The van der Waals surface area contributed by atoms with Gasteiger partial charge >= 0.3 is 24.2 Å². The topological polar surface area (TPSA) is 308 Å². The van der Waals surface area contributed by atoms with E-state index in [0.29, 0.717) is 18.5 Å². The number of rotatable bonds is 28. The Hall–Kier alpha value is -8.30. The van der Waals surface area contributed by atoms with Crippen LogP contribution in [-0.4, -0.2) is 130 Å². The zero-order valence-corrected chi connectivity index (χ0v) is 65.2. The first-order valence-corrected chi connectivity index (χ1v) is 35.1. The number of ketones is 4. The maximum absolute atomic E-state index is 13.1. The standard InChI is InChI=1S/C23H36N2O4.C18H28N2O2.C17H25NO3.C12H17NO.C10H19NO4/c1-15(2)18(21(27)24-17-12-10-9-11-13-17)14-19(26)20(16(3)4)25(8)22(28)29-23(5,6)7;1-12(2)15(11-16(21)17(19-5)13(3)4)18(22)20-14-9-7-6-8-10-14;1-12(2)15(18-16(20)21-17(3,4)5)14(19)11-13-9-7-6-8-10-13;1-9(2)12(13)11(14)8-10-6-4-3-5-7-10;1-6(2)7(8(12)13)11-9(14)15-10(3,4)5/h9-13,15-16,18,20H,14H2,1-8H3,(H,24,27);6-10,12-13,15,17,19H,11H2,1-5H3,(H,20,22);6-10,12,15H,11H2,1-5H3,(H,18,20);3-7,9,12H,8,13H2,1-2H3;6-7H,1-5H3,(H,11,14)(H,12,13)/t18-,20-;15-,17-;15-;12-;7-/m00000/s1. The molecule has 0 saturated carbocycles. The number of aliphatic carboxylic acids is 1. The molecule has 0 aromatic heterocycles. The molecule has 4 rings (SSSR count). The number of para-hydroxylation sites is 2. The van der Waals surface area contributed by atoms with E-state index in [1.165, 1.54) is 4.90 Å². The minimum atomic E-state index is -1.06. The molecule has 0 bridgehead atoms. The number of carbonyl (C=O) groups excluding carboxylic acids is 9. The first-order valence-electron chi connectivity index (χ1n) is 35.1. The van der Waals surface area contributed by atoms with E-state index in [2.05, 4.69) is 26.6 Å². The number of benzene rings is 4. The van der Waals surface area contributed by atoms with E-state index in [9.17, 15) is 47.9 Å². The Bertz CT molecular complexity index is 3140. The normalized spacial score (nSPS) is 13.4. The molecular weight excluding hydrogens is 1280 g/mol. The summed E-state index contributed by atoms with van der Waals surface area (Å²) in [5.74, 6) is -1.87. The summed E-state index contributed by atoms with van der Waals surface area (Å²) in [4.78, 5) is 123. The molecular formula is C80H125N7O14. The molecule has 0 aliphatic heterocycles. The largest absolute Gasteiger partial charge is 0.480 e. The molecule has 101 heavy (non-hydrogen) atoms. The maximum atomic E-state index is 13.1. The molecule has 0 spiro atoms. The van der Waals surface area contributed by atoms with Crippen LogP contribution < -0.4 is 32.3 Å². The van der Waals surface area contributed by atoms with Crippen LogP contribution in [0.25, 0.3) is 0 Å². The number of hydrogen-bond donors (Lipinski definition) is 7. The van der Waals surface area contributed by atoms with Gasteiger partial charge in [-0.1, -0.05) is 194 Å². The van der Waals surface area contributed by atoms with Gasteiger partial charge in [-0.25, -0.2) is 19.2 Å². The van der Waals surface area contributed by atoms with E-state index in [4.69, 9.17) is 25.1 Å². The Kier molecular flexibility index (Phi) is 41.8. The van der Waals surface area contributed by atoms with Crippen LogP contribution >= 0.6 is 0 Å². The summed E-state index contributed by atoms with van der Waals surface area (Å²) in [6.45, 7) is 42.7. The number of anilines is 2. The molecule has 8 N–H and O–H groups in total. The number of hydrogen-bond acceptors (Lipinski definition) is 15. The van der Waals surface area contributed by atoms with Crippen molar-refractivity contribution in [1.82, 2.24) is 20.9 Å². The van der Waals surface area contributed by atoms with Crippen molar-refractivity contribution < 1.29 is 67.3 Å². The molecule has 0 unspecified atom stereocenters. The number of amides is 5. The van der Waals surface area contributed by atoms with E-state index in [1.54, 1.807) is 90.3 Å². The van der Waals surface area contributed by atoms with Crippen molar-refractivity contribution in [3.8, 4) is 0 Å². The number of ether oxygens (including phenoxy) is 3. The highest BCUT2D eigenvalue weighted by Gasteiger charge is 2.37. The minimum Gasteiger partial charge on any atom is -0.480 e. The number of carboxylic acid groups (broad SMARTS) is 1. The third-order valence-corrected chi connectivity index (χ3v) is 15.4. The first kappa shape index (κ1) is 92.7. The van der Waals surface area contributed by atoms with Gasteiger partial charge in [-0.3, -0.25) is 28.8 Å². The molecule has 0 fully saturated rings. The van der Waals surface area contributed by atoms with Crippen molar-refractivity contribution in [1.29, 1.82) is 0 Å². The Morgan fingerprint density at radius 3 is 1.04 bits per heavy atom. The molecule has 0 heterocycles. The van der Waals surface area contributed by atoms with E-state index in [-0.39, 0.29) is 107 Å². The third-order valence-electron chi connectivity index (χ3n) is 15.4. The summed E-state index contributed by atoms with van der Waals surface area (Å²) in [6, 6.07) is 35.1. The second-order valence-electron chi connectivity index (χ2n) is 30.6. The van der Waals surface area contributed by atoms with Crippen molar-refractivity contribution >= 4 is 70.6 Å². The van der Waals surface area contributed by atoms with Crippen LogP contribution in [-0.2, 0) is 60.6 Å². The number of carbonyl (C=O) groups is 10. The highest BCUT2D eigenvalue weighted by atomic mass is 16.6. The van der Waals surface area contributed by atoms with Gasteiger partial charge in [0, 0.05) is 55.9 Å². The lowest BCUT2D eigenvalue weighted by atomic mass is 9.85. The van der Waals surface area contributed by atoms with Gasteiger partial charge in [-0.05, 0) is 146 Å². The van der Waals surface area contributed by atoms with Gasteiger partial charge in [-0.15, -0.1) is 0 Å². The monoisotopic (exact) mass is 1410 g/mol. The highest BCUT2D eigenvalue weighted by molar-refractivity contribution is 5.98. The average Bonchev–Trinajstić information content (AvgIpc) is 0.823. The maximum Gasteiger partial charge on any atom is 0.410 e. The molecule has 0 aliphatic rings. The van der Waals surface area contributed by atoms with Crippen molar-refractivity contribution in [3.63, 3.8) is 0 Å². The summed E-state index contributed by atoms with van der Waals surface area (Å²) < 4.78 is 15.6. The fourth-order valence-corrected chi connectivity index (χ4v) is 10.0. The number of nitrogens with one attached hydrogen (secondary N) is 5. The molecule has 21 heteroatoms. The zero-order valence-electron chi connectivity index (χ0n) is 65.2. The van der Waals surface area contributed by atoms with Gasteiger partial charge < -0.3 is 56.5 Å². The summed E-state index contributed by atoms with van der Waals surface area (Å²) in [5, 5.41) is 22.7. The van der Waals surface area contributed by atoms with Gasteiger partial charge in [0.25, 0.3) is 0 Å². The van der Waals surface area contributed by atoms with Gasteiger partial charge in [0.15, 0.2) is 23.1 Å². The molecule has 4 aromatic carbocycles. The van der Waals surface area contributed by atoms with Crippen molar-refractivity contribution in [2.75, 3.05) is 24.7 Å². The fraction of sp³-hybridized carbons (Fsp3) is 0.575. The van der Waals surface area contributed by atoms with Crippen LogP contribution in [0.5, 0.6) is 0 Å². The summed E-state index contributed by atoms with van der Waals surface area (Å²) in [5.41, 5.74) is 7.35. The minimum absolute atomic E-state index is 0.00808. The summed E-state index contributed by atoms with van der Waals surface area (Å²) in [7, 11) is 3.36. The SMILES string of the molecule is CC(C)[C@H](CC(=O)[C@H](C(C)C)N(C)C(=O)OC(C)(C)C)C(=O)Nc1ccccc1.CC(C)[C@H](N)C(=O)Cc1ccccc1.CC(C)[C@H](NC(=O)OC(C)(C)C)C(=O)Cc1ccccc1.CC(C)[C@H](NC(=O)OC(C)(C)C)C(=O)O.CN[C@H](C(=O)C[C@H](C(=O)Nc1ccccc1)C(C)C)C(C)C. The van der Waals surface area contributed by atoms with E-state index >= 15 is 0 Å². The summed E-state index contributed by atoms with van der Waals surface area (Å²) in [6.07, 6.45) is -0.725. The van der Waals surface area contributed by atoms with Gasteiger partial charge in [-0.2, -0.15) is 0 Å². The highest BCUT2D eigenvalue weighted by Crippen LogP contribution is 2.25. The van der Waals surface area contributed by atoms with Crippen molar-refractivity contribution in [2.45, 2.75) is 232 Å². The summed E-state index contributed by atoms with van der Waals surface area (Å²) >= 11 is 0. The number of nitrogens with two attached hydrogens (primary N) is 1. The van der Waals surface area contributed by atoms with Crippen LogP contribution in [0.2, 0.25) is 0 Å². The molecule has 564 valence electrons.